The molecule has 1 aromatic rings. The first-order valence-electron chi connectivity index (χ1n) is 8.49. The molecule has 0 unspecified atom stereocenters. The van der Waals surface area contributed by atoms with Gasteiger partial charge in [0.15, 0.2) is 5.79 Å². The summed E-state index contributed by atoms with van der Waals surface area (Å²) in [6, 6.07) is 10.2. The summed E-state index contributed by atoms with van der Waals surface area (Å²) in [5, 5.41) is 9.48. The summed E-state index contributed by atoms with van der Waals surface area (Å²) in [6.07, 6.45) is 1.33. The number of nitrogens with zero attached hydrogens (tertiary/aromatic N) is 2. The van der Waals surface area contributed by atoms with E-state index in [1.807, 2.05) is 18.2 Å². The summed E-state index contributed by atoms with van der Waals surface area (Å²) < 4.78 is 11.7. The van der Waals surface area contributed by atoms with Crippen molar-refractivity contribution in [3.63, 3.8) is 0 Å². The highest BCUT2D eigenvalue weighted by Crippen LogP contribution is 2.39. The molecule has 1 aliphatic carbocycles. The van der Waals surface area contributed by atoms with Gasteiger partial charge in [-0.05, 0) is 19.0 Å². The van der Waals surface area contributed by atoms with E-state index in [0.29, 0.717) is 19.6 Å². The van der Waals surface area contributed by atoms with Crippen LogP contribution < -0.4 is 0 Å². The molecular formula is C18H26N2O4. The number of likely N-dealkylation sites (N-methyl/N-ethyl adjacent to an activating group) is 2. The van der Waals surface area contributed by atoms with Gasteiger partial charge in [-0.25, -0.2) is 4.79 Å². The summed E-state index contributed by atoms with van der Waals surface area (Å²) >= 11 is 0. The molecule has 1 amide bonds. The molecule has 3 rings (SSSR count). The first-order chi connectivity index (χ1) is 11.5. The van der Waals surface area contributed by atoms with Crippen LogP contribution in [-0.4, -0.2) is 66.2 Å². The van der Waals surface area contributed by atoms with E-state index < -0.39 is 11.9 Å². The molecule has 1 aliphatic heterocycles. The molecule has 1 saturated carbocycles. The Morgan fingerprint density at radius 2 is 1.88 bits per heavy atom. The van der Waals surface area contributed by atoms with E-state index in [9.17, 15) is 9.90 Å². The molecule has 1 spiro atoms. The molecule has 6 nitrogen and oxygen atoms in total. The van der Waals surface area contributed by atoms with Crippen molar-refractivity contribution < 1.29 is 19.4 Å². The first kappa shape index (κ1) is 17.2. The van der Waals surface area contributed by atoms with Crippen LogP contribution in [0.2, 0.25) is 0 Å². The smallest absolute Gasteiger partial charge is 0.407 e. The van der Waals surface area contributed by atoms with E-state index in [-0.39, 0.29) is 12.1 Å². The second-order valence-corrected chi connectivity index (χ2v) is 6.78. The number of hydrogen-bond acceptors (Lipinski definition) is 4. The Kier molecular flexibility index (Phi) is 5.08. The van der Waals surface area contributed by atoms with Gasteiger partial charge in [0.25, 0.3) is 0 Å². The van der Waals surface area contributed by atoms with Crippen molar-refractivity contribution in [2.45, 2.75) is 43.7 Å². The van der Waals surface area contributed by atoms with E-state index in [4.69, 9.17) is 9.47 Å². The molecule has 2 aliphatic rings. The van der Waals surface area contributed by atoms with Gasteiger partial charge < -0.3 is 19.5 Å². The quantitative estimate of drug-likeness (QED) is 0.916. The fourth-order valence-electron chi connectivity index (χ4n) is 3.92. The van der Waals surface area contributed by atoms with Gasteiger partial charge >= 0.3 is 6.09 Å². The lowest BCUT2D eigenvalue weighted by Crippen LogP contribution is -2.58. The molecule has 6 heteroatoms. The maximum absolute atomic E-state index is 11.6. The second-order valence-electron chi connectivity index (χ2n) is 6.78. The average Bonchev–Trinajstić information content (AvgIpc) is 3.02. The van der Waals surface area contributed by atoms with Gasteiger partial charge in [-0.2, -0.15) is 0 Å². The van der Waals surface area contributed by atoms with Crippen LogP contribution in [0.15, 0.2) is 30.3 Å². The molecule has 24 heavy (non-hydrogen) atoms. The number of carboxylic acid groups (broad SMARTS) is 1. The van der Waals surface area contributed by atoms with Crippen molar-refractivity contribution in [2.75, 3.05) is 27.3 Å². The van der Waals surface area contributed by atoms with Gasteiger partial charge in [0.05, 0.1) is 19.3 Å². The lowest BCUT2D eigenvalue weighted by molar-refractivity contribution is -0.196. The highest BCUT2D eigenvalue weighted by molar-refractivity contribution is 5.65. The predicted octanol–water partition coefficient (Wildman–Crippen LogP) is 2.39. The summed E-state index contributed by atoms with van der Waals surface area (Å²) in [6.45, 7) is 1.98. The fourth-order valence-corrected chi connectivity index (χ4v) is 3.92. The van der Waals surface area contributed by atoms with E-state index in [2.05, 4.69) is 24.1 Å². The Bertz CT molecular complexity index is 559. The van der Waals surface area contributed by atoms with Gasteiger partial charge in [0.1, 0.15) is 0 Å². The summed E-state index contributed by atoms with van der Waals surface area (Å²) in [5.74, 6) is -0.599. The van der Waals surface area contributed by atoms with Crippen LogP contribution >= 0.6 is 0 Å². The highest BCUT2D eigenvalue weighted by Gasteiger charge is 2.48. The van der Waals surface area contributed by atoms with Crippen LogP contribution in [0.25, 0.3) is 0 Å². The van der Waals surface area contributed by atoms with Crippen molar-refractivity contribution in [3.05, 3.63) is 35.9 Å². The third-order valence-electron chi connectivity index (χ3n) is 5.24. The molecule has 2 fully saturated rings. The van der Waals surface area contributed by atoms with E-state index in [1.165, 1.54) is 10.5 Å². The second kappa shape index (κ2) is 7.09. The summed E-state index contributed by atoms with van der Waals surface area (Å²) in [5.41, 5.74) is 1.23. The van der Waals surface area contributed by atoms with Gasteiger partial charge in [-0.3, -0.25) is 4.90 Å². The molecule has 1 N–H and O–H groups in total. The van der Waals surface area contributed by atoms with Crippen LogP contribution in [0.1, 0.15) is 24.8 Å². The minimum atomic E-state index is -0.909. The van der Waals surface area contributed by atoms with Crippen molar-refractivity contribution in [1.82, 2.24) is 9.80 Å². The molecule has 1 heterocycles. The van der Waals surface area contributed by atoms with E-state index in [1.54, 1.807) is 7.05 Å². The number of amides is 1. The topological polar surface area (TPSA) is 62.2 Å². The number of rotatable bonds is 4. The fraction of sp³-hybridized carbons (Fsp3) is 0.611. The van der Waals surface area contributed by atoms with Gasteiger partial charge in [0, 0.05) is 32.5 Å². The Morgan fingerprint density at radius 3 is 2.50 bits per heavy atom. The number of ether oxygens (including phenoxy) is 2. The van der Waals surface area contributed by atoms with Gasteiger partial charge in [-0.15, -0.1) is 0 Å². The van der Waals surface area contributed by atoms with Crippen LogP contribution in [0.5, 0.6) is 0 Å². The third kappa shape index (κ3) is 3.55. The Morgan fingerprint density at radius 1 is 1.21 bits per heavy atom. The molecule has 0 radical (unpaired) electrons. The van der Waals surface area contributed by atoms with E-state index >= 15 is 0 Å². The Balaban J connectivity index is 1.75. The van der Waals surface area contributed by atoms with Gasteiger partial charge in [-0.1, -0.05) is 30.3 Å². The maximum Gasteiger partial charge on any atom is 0.407 e. The molecule has 1 saturated heterocycles. The summed E-state index contributed by atoms with van der Waals surface area (Å²) in [7, 11) is 3.71. The van der Waals surface area contributed by atoms with Crippen LogP contribution in [0, 0.1) is 0 Å². The zero-order valence-corrected chi connectivity index (χ0v) is 14.4. The lowest BCUT2D eigenvalue weighted by Gasteiger charge is -2.47. The Hall–Kier alpha value is -1.63. The third-order valence-corrected chi connectivity index (χ3v) is 5.24. The number of benzene rings is 1. The predicted molar refractivity (Wildman–Crippen MR) is 89.8 cm³/mol. The van der Waals surface area contributed by atoms with Crippen LogP contribution in [0.4, 0.5) is 4.79 Å². The van der Waals surface area contributed by atoms with Crippen molar-refractivity contribution in [1.29, 1.82) is 0 Å². The zero-order valence-electron chi connectivity index (χ0n) is 14.4. The standard InChI is InChI=1S/C18H26N2O4/c1-19(13-14-6-4-3-5-7-14)15-8-9-18(23-10-11-24-18)12-16(15)20(2)17(21)22/h3-7,15-16H,8-13H2,1-2H3,(H,21,22)/t15-,16-/m1/s1. The highest BCUT2D eigenvalue weighted by atomic mass is 16.7. The molecule has 1 aromatic carbocycles. The largest absolute Gasteiger partial charge is 0.465 e. The normalized spacial score (nSPS) is 26.0. The average molecular weight is 334 g/mol. The van der Waals surface area contributed by atoms with Crippen molar-refractivity contribution in [3.8, 4) is 0 Å². The van der Waals surface area contributed by atoms with Crippen molar-refractivity contribution >= 4 is 6.09 Å². The lowest BCUT2D eigenvalue weighted by atomic mass is 9.84. The monoisotopic (exact) mass is 334 g/mol. The SMILES string of the molecule is CN(Cc1ccccc1)[C@@H]1CCC2(C[C@H]1N(C)C(=O)O)OCCO2. The minimum absolute atomic E-state index is 0.143. The molecule has 132 valence electrons. The van der Waals surface area contributed by atoms with Gasteiger partial charge in [0.2, 0.25) is 0 Å². The minimum Gasteiger partial charge on any atom is -0.465 e. The van der Waals surface area contributed by atoms with Crippen molar-refractivity contribution in [2.24, 2.45) is 0 Å². The number of carbonyl (C=O) groups is 1. The molecule has 0 bridgehead atoms. The summed E-state index contributed by atoms with van der Waals surface area (Å²) in [4.78, 5) is 15.2. The molecule has 2 atom stereocenters. The maximum atomic E-state index is 11.6. The van der Waals surface area contributed by atoms with Crippen LogP contribution in [-0.2, 0) is 16.0 Å². The van der Waals surface area contributed by atoms with E-state index in [0.717, 1.165) is 19.4 Å². The molecular weight excluding hydrogens is 308 g/mol. The van der Waals surface area contributed by atoms with Crippen LogP contribution in [0.3, 0.4) is 0 Å². The number of hydrogen-bond donors (Lipinski definition) is 1. The molecule has 0 aromatic heterocycles. The first-order valence-corrected chi connectivity index (χ1v) is 8.49. The Labute approximate surface area is 143 Å². The zero-order chi connectivity index (χ0) is 17.2.